The summed E-state index contributed by atoms with van der Waals surface area (Å²) in [7, 11) is 0. The minimum absolute atomic E-state index is 0.258. The van der Waals surface area contributed by atoms with E-state index in [0.29, 0.717) is 52.8 Å². The lowest BCUT2D eigenvalue weighted by atomic mass is 10.2. The molecule has 0 unspecified atom stereocenters. The summed E-state index contributed by atoms with van der Waals surface area (Å²) < 4.78 is 9.13. The van der Waals surface area contributed by atoms with E-state index in [1.807, 2.05) is 35.8 Å². The van der Waals surface area contributed by atoms with Crippen LogP contribution in [0.3, 0.4) is 0 Å². The van der Waals surface area contributed by atoms with Crippen molar-refractivity contribution in [2.45, 2.75) is 33.4 Å². The van der Waals surface area contributed by atoms with E-state index in [4.69, 9.17) is 22.1 Å². The van der Waals surface area contributed by atoms with Crippen molar-refractivity contribution >= 4 is 34.6 Å². The maximum absolute atomic E-state index is 12.7. The van der Waals surface area contributed by atoms with Gasteiger partial charge in [0, 0.05) is 11.6 Å². The molecular formula is C21H22ClN7O2. The van der Waals surface area contributed by atoms with E-state index in [2.05, 4.69) is 20.1 Å². The fourth-order valence-corrected chi connectivity index (χ4v) is 3.66. The van der Waals surface area contributed by atoms with Crippen LogP contribution in [0.2, 0.25) is 5.02 Å². The molecule has 0 amide bonds. The molecule has 3 aromatic heterocycles. The second-order valence-electron chi connectivity index (χ2n) is 7.15. The number of hydrogen-bond donors (Lipinski definition) is 1. The molecule has 2 N–H and O–H groups in total. The number of ether oxygens (including phenoxy) is 1. The molecule has 160 valence electrons. The normalized spacial score (nSPS) is 11.2. The molecule has 0 aliphatic heterocycles. The van der Waals surface area contributed by atoms with Gasteiger partial charge in [0.15, 0.2) is 11.5 Å². The van der Waals surface area contributed by atoms with E-state index in [-0.39, 0.29) is 12.6 Å². The first-order valence-corrected chi connectivity index (χ1v) is 10.2. The number of rotatable bonds is 7. The second kappa shape index (κ2) is 8.73. The third-order valence-electron chi connectivity index (χ3n) is 5.07. The van der Waals surface area contributed by atoms with Crippen molar-refractivity contribution in [2.24, 2.45) is 0 Å². The summed E-state index contributed by atoms with van der Waals surface area (Å²) in [4.78, 5) is 25.1. The molecular weight excluding hydrogens is 418 g/mol. The minimum Gasteiger partial charge on any atom is -0.462 e. The lowest BCUT2D eigenvalue weighted by molar-refractivity contribution is 0.0494. The number of aromatic nitrogens is 6. The smallest absolute Gasteiger partial charge is 0.341 e. The Morgan fingerprint density at radius 1 is 1.19 bits per heavy atom. The Labute approximate surface area is 183 Å². The van der Waals surface area contributed by atoms with E-state index in [9.17, 15) is 4.79 Å². The number of halogens is 1. The Morgan fingerprint density at radius 3 is 2.81 bits per heavy atom. The Hall–Kier alpha value is -3.46. The van der Waals surface area contributed by atoms with Crippen LogP contribution in [0, 0.1) is 13.8 Å². The quantitative estimate of drug-likeness (QED) is 0.347. The number of nitrogens with zero attached hydrogens (tertiary/aromatic N) is 6. The molecule has 1 aromatic carbocycles. The van der Waals surface area contributed by atoms with E-state index < -0.39 is 0 Å². The largest absolute Gasteiger partial charge is 0.462 e. The number of aryl methyl sites for hydroxylation is 2. The monoisotopic (exact) mass is 439 g/mol. The van der Waals surface area contributed by atoms with Crippen molar-refractivity contribution in [3.63, 3.8) is 0 Å². The van der Waals surface area contributed by atoms with Crippen molar-refractivity contribution < 1.29 is 9.53 Å². The van der Waals surface area contributed by atoms with Crippen LogP contribution < -0.4 is 5.73 Å². The van der Waals surface area contributed by atoms with Gasteiger partial charge in [0.2, 0.25) is 0 Å². The Bertz CT molecular complexity index is 1250. The van der Waals surface area contributed by atoms with Gasteiger partial charge in [0.1, 0.15) is 17.4 Å². The zero-order valence-electron chi connectivity index (χ0n) is 17.2. The van der Waals surface area contributed by atoms with Crippen molar-refractivity contribution in [3.05, 3.63) is 64.5 Å². The second-order valence-corrected chi connectivity index (χ2v) is 7.56. The minimum atomic E-state index is -0.387. The van der Waals surface area contributed by atoms with Gasteiger partial charge in [-0.15, -0.1) is 0 Å². The van der Waals surface area contributed by atoms with E-state index in [1.165, 1.54) is 6.33 Å². The van der Waals surface area contributed by atoms with Gasteiger partial charge in [-0.1, -0.05) is 29.8 Å². The van der Waals surface area contributed by atoms with E-state index >= 15 is 0 Å². The lowest BCUT2D eigenvalue weighted by Gasteiger charge is -2.08. The van der Waals surface area contributed by atoms with Crippen LogP contribution in [0.5, 0.6) is 0 Å². The van der Waals surface area contributed by atoms with Crippen molar-refractivity contribution in [3.8, 4) is 0 Å². The van der Waals surface area contributed by atoms with Gasteiger partial charge in [-0.3, -0.25) is 4.68 Å². The van der Waals surface area contributed by atoms with Gasteiger partial charge in [0.25, 0.3) is 0 Å². The predicted molar refractivity (Wildman–Crippen MR) is 117 cm³/mol. The fourth-order valence-electron chi connectivity index (χ4n) is 3.47. The summed E-state index contributed by atoms with van der Waals surface area (Å²) in [6.45, 7) is 4.99. The first-order chi connectivity index (χ1) is 15.0. The Morgan fingerprint density at radius 2 is 2.00 bits per heavy atom. The summed E-state index contributed by atoms with van der Waals surface area (Å²) in [5.74, 6) is -0.0441. The molecule has 0 spiro atoms. The van der Waals surface area contributed by atoms with Crippen LogP contribution in [-0.2, 0) is 17.8 Å². The lowest BCUT2D eigenvalue weighted by Crippen LogP contribution is -2.11. The predicted octanol–water partition coefficient (Wildman–Crippen LogP) is 3.17. The van der Waals surface area contributed by atoms with Gasteiger partial charge in [-0.2, -0.15) is 5.10 Å². The first kappa shape index (κ1) is 20.8. The average molecular weight is 440 g/mol. The topological polar surface area (TPSA) is 114 Å². The van der Waals surface area contributed by atoms with Gasteiger partial charge >= 0.3 is 5.97 Å². The molecule has 10 heteroatoms. The molecule has 0 radical (unpaired) electrons. The van der Waals surface area contributed by atoms with Crippen molar-refractivity contribution in [1.29, 1.82) is 0 Å². The number of esters is 1. The number of benzene rings is 1. The number of nitrogens with two attached hydrogens (primary N) is 1. The van der Waals surface area contributed by atoms with Crippen LogP contribution in [0.25, 0.3) is 11.2 Å². The third kappa shape index (κ3) is 4.22. The molecule has 4 aromatic rings. The van der Waals surface area contributed by atoms with Gasteiger partial charge < -0.3 is 15.0 Å². The van der Waals surface area contributed by atoms with Crippen molar-refractivity contribution in [2.75, 3.05) is 12.3 Å². The van der Waals surface area contributed by atoms with Crippen LogP contribution in [-0.4, -0.2) is 41.9 Å². The maximum Gasteiger partial charge on any atom is 0.341 e. The average Bonchev–Trinajstić information content (AvgIpc) is 3.28. The highest BCUT2D eigenvalue weighted by atomic mass is 35.5. The Kier molecular flexibility index (Phi) is 5.85. The number of nitrogen functional groups attached to an aromatic ring is 1. The number of hydrogen-bond acceptors (Lipinski definition) is 7. The molecule has 3 heterocycles. The molecule has 0 aliphatic carbocycles. The molecule has 0 saturated heterocycles. The number of carbonyl (C=O) groups is 1. The van der Waals surface area contributed by atoms with Crippen LogP contribution in [0.1, 0.15) is 33.7 Å². The summed E-state index contributed by atoms with van der Waals surface area (Å²) in [6.07, 6.45) is 3.67. The highest BCUT2D eigenvalue weighted by Crippen LogP contribution is 2.20. The SMILES string of the molecule is Cc1nn(Cc2ccccc2Cl)c(C)c1C(=O)OCCCn1cnc2c(N)ncnc21. The molecule has 0 aliphatic rings. The van der Waals surface area contributed by atoms with Crippen LogP contribution >= 0.6 is 11.6 Å². The van der Waals surface area contributed by atoms with E-state index in [1.54, 1.807) is 17.9 Å². The summed E-state index contributed by atoms with van der Waals surface area (Å²) >= 11 is 6.25. The zero-order valence-corrected chi connectivity index (χ0v) is 18.0. The molecule has 31 heavy (non-hydrogen) atoms. The van der Waals surface area contributed by atoms with Gasteiger partial charge in [0.05, 0.1) is 30.9 Å². The fraction of sp³-hybridized carbons (Fsp3) is 0.286. The first-order valence-electron chi connectivity index (χ1n) is 9.81. The molecule has 0 atom stereocenters. The number of fused-ring (bicyclic) bond motifs is 1. The molecule has 9 nitrogen and oxygen atoms in total. The molecule has 0 saturated carbocycles. The molecule has 0 bridgehead atoms. The maximum atomic E-state index is 12.7. The number of anilines is 1. The van der Waals surface area contributed by atoms with Crippen LogP contribution in [0.15, 0.2) is 36.9 Å². The highest BCUT2D eigenvalue weighted by Gasteiger charge is 2.20. The highest BCUT2D eigenvalue weighted by molar-refractivity contribution is 6.31. The van der Waals surface area contributed by atoms with Gasteiger partial charge in [-0.25, -0.2) is 19.7 Å². The van der Waals surface area contributed by atoms with E-state index in [0.717, 1.165) is 11.3 Å². The zero-order chi connectivity index (χ0) is 22.0. The summed E-state index contributed by atoms with van der Waals surface area (Å²) in [5.41, 5.74) is 9.83. The Balaban J connectivity index is 1.38. The standard InChI is InChI=1S/C21H22ClN7O2/c1-13-17(14(2)29(27-13)10-15-6-3-4-7-16(15)22)21(30)31-9-5-8-28-12-26-18-19(23)24-11-25-20(18)28/h3-4,6-7,11-12H,5,8-10H2,1-2H3,(H2,23,24,25). The molecule has 4 rings (SSSR count). The van der Waals surface area contributed by atoms with Gasteiger partial charge in [-0.05, 0) is 31.9 Å². The van der Waals surface area contributed by atoms with Crippen molar-refractivity contribution in [1.82, 2.24) is 29.3 Å². The molecule has 0 fully saturated rings. The summed E-state index contributed by atoms with van der Waals surface area (Å²) in [5, 5.41) is 5.16. The number of carbonyl (C=O) groups excluding carboxylic acids is 1. The van der Waals surface area contributed by atoms with Crippen LogP contribution in [0.4, 0.5) is 5.82 Å². The number of imidazole rings is 1. The third-order valence-corrected chi connectivity index (χ3v) is 5.44. The summed E-state index contributed by atoms with van der Waals surface area (Å²) in [6, 6.07) is 7.58.